The smallest absolute Gasteiger partial charge is 0.250 e. The molecule has 2 N–H and O–H groups in total. The molecule has 0 saturated carbocycles. The molecule has 0 radical (unpaired) electrons. The van der Waals surface area contributed by atoms with E-state index in [4.69, 9.17) is 10.2 Å². The van der Waals surface area contributed by atoms with Gasteiger partial charge in [0.2, 0.25) is 8.32 Å². The lowest BCUT2D eigenvalue weighted by Crippen LogP contribution is -2.43. The van der Waals surface area contributed by atoms with Crippen molar-refractivity contribution in [2.24, 2.45) is 0 Å². The Kier molecular flexibility index (Phi) is 4.12. The lowest BCUT2D eigenvalue weighted by atomic mass is 10.1. The van der Waals surface area contributed by atoms with E-state index >= 15 is 0 Å². The Labute approximate surface area is 146 Å². The summed E-state index contributed by atoms with van der Waals surface area (Å²) in [6.45, 7) is 12.4. The summed E-state index contributed by atoms with van der Waals surface area (Å²) in [6, 6.07) is 14.7. The Morgan fingerprint density at radius 3 is 2.33 bits per heavy atom. The van der Waals surface area contributed by atoms with Gasteiger partial charge in [0.15, 0.2) is 0 Å². The molecule has 0 spiro atoms. The second-order valence-corrected chi connectivity index (χ2v) is 12.9. The van der Waals surface area contributed by atoms with Crippen molar-refractivity contribution in [1.82, 2.24) is 0 Å². The van der Waals surface area contributed by atoms with Gasteiger partial charge in [-0.05, 0) is 72.6 Å². The average Bonchev–Trinajstić information content (AvgIpc) is 2.89. The largest absolute Gasteiger partial charge is 0.544 e. The summed E-state index contributed by atoms with van der Waals surface area (Å²) in [5.74, 6) is 0.974. The maximum atomic E-state index is 6.37. The fourth-order valence-corrected chi connectivity index (χ4v) is 3.86. The third-order valence-electron chi connectivity index (χ3n) is 5.33. The predicted octanol–water partition coefficient (Wildman–Crippen LogP) is 5.35. The van der Waals surface area contributed by atoms with Crippen molar-refractivity contribution < 1.29 is 4.43 Å². The average molecular weight is 341 g/mol. The molecule has 0 fully saturated rings. The summed E-state index contributed by atoms with van der Waals surface area (Å²) in [7, 11) is -1.79. The molecule has 2 aromatic rings. The molecular weight excluding hydrogens is 312 g/mol. The van der Waals surface area contributed by atoms with Crippen molar-refractivity contribution in [1.29, 1.82) is 0 Å². The number of nitrogens with zero attached hydrogens (tertiary/aromatic N) is 1. The van der Waals surface area contributed by atoms with Crippen molar-refractivity contribution in [3.63, 3.8) is 0 Å². The number of nitrogen functional groups attached to an aromatic ring is 1. The first-order chi connectivity index (χ1) is 11.2. The van der Waals surface area contributed by atoms with E-state index in [1.807, 2.05) is 6.07 Å². The molecule has 1 heterocycles. The van der Waals surface area contributed by atoms with Gasteiger partial charge in [0, 0.05) is 23.6 Å². The topological polar surface area (TPSA) is 38.5 Å². The number of fused-ring (bicyclic) bond motifs is 1. The van der Waals surface area contributed by atoms with Crippen LogP contribution in [0.3, 0.4) is 0 Å². The maximum absolute atomic E-state index is 6.37. The molecule has 24 heavy (non-hydrogen) atoms. The van der Waals surface area contributed by atoms with E-state index in [0.717, 1.165) is 24.4 Å². The van der Waals surface area contributed by atoms with E-state index in [9.17, 15) is 0 Å². The standard InChI is InChI=1S/C20H28N2OSi/c1-20(2,3)24(4,5)23-18-9-7-17(8-10-18)22-13-12-15-14-16(21)6-11-19(15)22/h6-11,14H,12-13,21H2,1-5H3. The summed E-state index contributed by atoms with van der Waals surface area (Å²) in [4.78, 5) is 2.35. The molecule has 0 bridgehead atoms. The van der Waals surface area contributed by atoms with E-state index in [0.29, 0.717) is 0 Å². The number of rotatable bonds is 3. The minimum atomic E-state index is -1.79. The molecule has 2 aromatic carbocycles. The fraction of sp³-hybridized carbons (Fsp3) is 0.400. The fourth-order valence-electron chi connectivity index (χ4n) is 2.83. The van der Waals surface area contributed by atoms with E-state index in [1.165, 1.54) is 16.9 Å². The molecule has 1 aliphatic heterocycles. The van der Waals surface area contributed by atoms with Gasteiger partial charge in [-0.1, -0.05) is 20.8 Å². The lowest BCUT2D eigenvalue weighted by molar-refractivity contribution is 0.492. The zero-order chi connectivity index (χ0) is 17.5. The van der Waals surface area contributed by atoms with Crippen LogP contribution in [0.5, 0.6) is 5.75 Å². The molecule has 4 heteroatoms. The first kappa shape index (κ1) is 16.9. The van der Waals surface area contributed by atoms with Gasteiger partial charge in [-0.2, -0.15) is 0 Å². The molecular formula is C20H28N2OSi. The summed E-state index contributed by atoms with van der Waals surface area (Å²) < 4.78 is 6.37. The second kappa shape index (κ2) is 5.85. The Morgan fingerprint density at radius 1 is 1.04 bits per heavy atom. The molecule has 0 aliphatic carbocycles. The monoisotopic (exact) mass is 340 g/mol. The molecule has 128 valence electrons. The SMILES string of the molecule is CC(C)(C)[Si](C)(C)Oc1ccc(N2CCc3cc(N)ccc32)cc1. The van der Waals surface area contributed by atoms with Gasteiger partial charge in [0.05, 0.1) is 0 Å². The van der Waals surface area contributed by atoms with Crippen LogP contribution in [-0.2, 0) is 6.42 Å². The van der Waals surface area contributed by atoms with Crippen molar-refractivity contribution in [2.75, 3.05) is 17.2 Å². The van der Waals surface area contributed by atoms with Crippen LogP contribution in [-0.4, -0.2) is 14.9 Å². The highest BCUT2D eigenvalue weighted by molar-refractivity contribution is 6.74. The van der Waals surface area contributed by atoms with Crippen LogP contribution in [0.2, 0.25) is 18.1 Å². The summed E-state index contributed by atoms with van der Waals surface area (Å²) >= 11 is 0. The van der Waals surface area contributed by atoms with Crippen LogP contribution in [0, 0.1) is 0 Å². The van der Waals surface area contributed by atoms with Crippen molar-refractivity contribution in [3.05, 3.63) is 48.0 Å². The highest BCUT2D eigenvalue weighted by Crippen LogP contribution is 2.39. The van der Waals surface area contributed by atoms with Crippen LogP contribution >= 0.6 is 0 Å². The Balaban J connectivity index is 1.80. The first-order valence-electron chi connectivity index (χ1n) is 8.62. The third kappa shape index (κ3) is 3.15. The maximum Gasteiger partial charge on any atom is 0.250 e. The van der Waals surface area contributed by atoms with Gasteiger partial charge in [-0.15, -0.1) is 0 Å². The number of benzene rings is 2. The van der Waals surface area contributed by atoms with E-state index in [1.54, 1.807) is 0 Å². The van der Waals surface area contributed by atoms with Gasteiger partial charge >= 0.3 is 0 Å². The highest BCUT2D eigenvalue weighted by Gasteiger charge is 2.38. The quantitative estimate of drug-likeness (QED) is 0.605. The van der Waals surface area contributed by atoms with Crippen molar-refractivity contribution >= 4 is 25.4 Å². The number of anilines is 3. The van der Waals surface area contributed by atoms with Crippen molar-refractivity contribution in [2.45, 2.75) is 45.3 Å². The zero-order valence-corrected chi connectivity index (χ0v) is 16.4. The number of nitrogens with two attached hydrogens (primary N) is 1. The molecule has 0 aromatic heterocycles. The molecule has 1 aliphatic rings. The van der Waals surface area contributed by atoms with Gasteiger partial charge in [0.1, 0.15) is 5.75 Å². The first-order valence-corrected chi connectivity index (χ1v) is 11.5. The van der Waals surface area contributed by atoms with Crippen LogP contribution in [0.15, 0.2) is 42.5 Å². The number of hydrogen-bond acceptors (Lipinski definition) is 3. The summed E-state index contributed by atoms with van der Waals surface area (Å²) in [5.41, 5.74) is 10.5. The van der Waals surface area contributed by atoms with Gasteiger partial charge in [-0.25, -0.2) is 0 Å². The summed E-state index contributed by atoms with van der Waals surface area (Å²) in [6.07, 6.45) is 1.04. The van der Waals surface area contributed by atoms with Crippen LogP contribution in [0.25, 0.3) is 0 Å². The van der Waals surface area contributed by atoms with Gasteiger partial charge < -0.3 is 15.1 Å². The molecule has 0 saturated heterocycles. The summed E-state index contributed by atoms with van der Waals surface area (Å²) in [5, 5.41) is 0.208. The Bertz CT molecular complexity index is 732. The highest BCUT2D eigenvalue weighted by atomic mass is 28.4. The molecule has 3 nitrogen and oxygen atoms in total. The van der Waals surface area contributed by atoms with E-state index in [2.05, 4.69) is 75.2 Å². The molecule has 0 amide bonds. The van der Waals surface area contributed by atoms with Crippen LogP contribution < -0.4 is 15.1 Å². The molecule has 0 atom stereocenters. The number of hydrogen-bond donors (Lipinski definition) is 1. The Hall–Kier alpha value is -1.94. The van der Waals surface area contributed by atoms with Gasteiger partial charge in [-0.3, -0.25) is 0 Å². The van der Waals surface area contributed by atoms with Gasteiger partial charge in [0.25, 0.3) is 0 Å². The normalized spacial score (nSPS) is 14.6. The minimum Gasteiger partial charge on any atom is -0.544 e. The predicted molar refractivity (Wildman–Crippen MR) is 106 cm³/mol. The minimum absolute atomic E-state index is 0.208. The lowest BCUT2D eigenvalue weighted by Gasteiger charge is -2.36. The molecule has 3 rings (SSSR count). The third-order valence-corrected chi connectivity index (χ3v) is 9.69. The van der Waals surface area contributed by atoms with E-state index < -0.39 is 8.32 Å². The molecule has 0 unspecified atom stereocenters. The van der Waals surface area contributed by atoms with E-state index in [-0.39, 0.29) is 5.04 Å². The van der Waals surface area contributed by atoms with Crippen LogP contribution in [0.1, 0.15) is 26.3 Å². The van der Waals surface area contributed by atoms with Crippen LogP contribution in [0.4, 0.5) is 17.1 Å². The Morgan fingerprint density at radius 2 is 1.71 bits per heavy atom. The van der Waals surface area contributed by atoms with Crippen molar-refractivity contribution in [3.8, 4) is 5.75 Å². The zero-order valence-electron chi connectivity index (χ0n) is 15.4. The second-order valence-electron chi connectivity index (χ2n) is 8.15.